The molecule has 0 atom stereocenters. The van der Waals surface area contributed by atoms with Gasteiger partial charge in [0.2, 0.25) is 23.6 Å². The highest BCUT2D eigenvalue weighted by molar-refractivity contribution is 4.91. The summed E-state index contributed by atoms with van der Waals surface area (Å²) in [5.41, 5.74) is 0. The molecule has 0 radical (unpaired) electrons. The number of aryl methyl sites for hydroxylation is 2. The third-order valence-electron chi connectivity index (χ3n) is 2.51. The number of hydrogen-bond donors (Lipinski definition) is 0. The molecule has 0 amide bonds. The van der Waals surface area contributed by atoms with Gasteiger partial charge in [-0.15, -0.1) is 20.4 Å². The Morgan fingerprint density at radius 2 is 1.11 bits per heavy atom. The molecule has 18 heavy (non-hydrogen) atoms. The van der Waals surface area contributed by atoms with E-state index in [2.05, 4.69) is 20.4 Å². The third kappa shape index (κ3) is 2.94. The second-order valence-electron chi connectivity index (χ2n) is 4.88. The van der Waals surface area contributed by atoms with Crippen LogP contribution >= 0.6 is 0 Å². The van der Waals surface area contributed by atoms with Crippen molar-refractivity contribution in [1.82, 2.24) is 20.4 Å². The number of rotatable bonds is 5. The smallest absolute Gasteiger partial charge is 0.219 e. The van der Waals surface area contributed by atoms with E-state index in [1.807, 2.05) is 27.7 Å². The predicted molar refractivity (Wildman–Crippen MR) is 64.2 cm³/mol. The maximum Gasteiger partial charge on any atom is 0.219 e. The van der Waals surface area contributed by atoms with Crippen molar-refractivity contribution >= 4 is 0 Å². The van der Waals surface area contributed by atoms with E-state index < -0.39 is 0 Å². The first-order chi connectivity index (χ1) is 8.56. The van der Waals surface area contributed by atoms with E-state index in [1.54, 1.807) is 0 Å². The van der Waals surface area contributed by atoms with Gasteiger partial charge in [-0.2, -0.15) is 0 Å². The lowest BCUT2D eigenvalue weighted by molar-refractivity contribution is 0.406. The Labute approximate surface area is 106 Å². The van der Waals surface area contributed by atoms with Gasteiger partial charge in [0.1, 0.15) is 0 Å². The highest BCUT2D eigenvalue weighted by Gasteiger charge is 2.13. The SMILES string of the molecule is CC(C)c1nnc(CCc2nnc(C(C)C)o2)o1. The van der Waals surface area contributed by atoms with Crippen molar-refractivity contribution < 1.29 is 8.83 Å². The van der Waals surface area contributed by atoms with E-state index in [4.69, 9.17) is 8.83 Å². The first-order valence-electron chi connectivity index (χ1n) is 6.20. The summed E-state index contributed by atoms with van der Waals surface area (Å²) in [6.45, 7) is 8.07. The molecule has 2 heterocycles. The summed E-state index contributed by atoms with van der Waals surface area (Å²) in [6.07, 6.45) is 1.25. The molecule has 2 rings (SSSR count). The standard InChI is InChI=1S/C12H18N4O2/c1-7(2)11-15-13-9(17-11)5-6-10-14-16-12(18-10)8(3)4/h7-8H,5-6H2,1-4H3. The highest BCUT2D eigenvalue weighted by Crippen LogP contribution is 2.15. The second kappa shape index (κ2) is 5.29. The zero-order valence-electron chi connectivity index (χ0n) is 11.2. The molecule has 0 fully saturated rings. The molecule has 0 saturated carbocycles. The van der Waals surface area contributed by atoms with E-state index in [0.29, 0.717) is 36.4 Å². The van der Waals surface area contributed by atoms with Crippen molar-refractivity contribution in [2.45, 2.75) is 52.4 Å². The average molecular weight is 250 g/mol. The largest absolute Gasteiger partial charge is 0.425 e. The first kappa shape index (κ1) is 12.7. The summed E-state index contributed by atoms with van der Waals surface area (Å²) in [4.78, 5) is 0. The van der Waals surface area contributed by atoms with Gasteiger partial charge >= 0.3 is 0 Å². The van der Waals surface area contributed by atoms with Crippen molar-refractivity contribution in [3.05, 3.63) is 23.6 Å². The fourth-order valence-corrected chi connectivity index (χ4v) is 1.42. The van der Waals surface area contributed by atoms with Gasteiger partial charge in [0.15, 0.2) is 0 Å². The van der Waals surface area contributed by atoms with Crippen LogP contribution in [0.15, 0.2) is 8.83 Å². The van der Waals surface area contributed by atoms with Crippen LogP contribution in [0, 0.1) is 0 Å². The van der Waals surface area contributed by atoms with E-state index in [-0.39, 0.29) is 11.8 Å². The van der Waals surface area contributed by atoms with Crippen LogP contribution in [0.3, 0.4) is 0 Å². The van der Waals surface area contributed by atoms with Crippen LogP contribution in [-0.4, -0.2) is 20.4 Å². The van der Waals surface area contributed by atoms with Gasteiger partial charge in [0, 0.05) is 24.7 Å². The summed E-state index contributed by atoms with van der Waals surface area (Å²) < 4.78 is 11.0. The fourth-order valence-electron chi connectivity index (χ4n) is 1.42. The maximum absolute atomic E-state index is 5.51. The Hall–Kier alpha value is -1.72. The Morgan fingerprint density at radius 1 is 0.722 bits per heavy atom. The summed E-state index contributed by atoms with van der Waals surface area (Å²) in [7, 11) is 0. The van der Waals surface area contributed by atoms with Crippen LogP contribution in [-0.2, 0) is 12.8 Å². The van der Waals surface area contributed by atoms with Gasteiger partial charge in [0.25, 0.3) is 0 Å². The predicted octanol–water partition coefficient (Wildman–Crippen LogP) is 2.48. The van der Waals surface area contributed by atoms with E-state index in [0.717, 1.165) is 0 Å². The maximum atomic E-state index is 5.51. The van der Waals surface area contributed by atoms with Gasteiger partial charge in [-0.05, 0) is 0 Å². The van der Waals surface area contributed by atoms with Gasteiger partial charge in [-0.3, -0.25) is 0 Å². The van der Waals surface area contributed by atoms with E-state index >= 15 is 0 Å². The molecule has 0 saturated heterocycles. The summed E-state index contributed by atoms with van der Waals surface area (Å²) in [6, 6.07) is 0. The van der Waals surface area contributed by atoms with Crippen LogP contribution < -0.4 is 0 Å². The van der Waals surface area contributed by atoms with Crippen LogP contribution in [0.4, 0.5) is 0 Å². The van der Waals surface area contributed by atoms with Crippen molar-refractivity contribution in [3.8, 4) is 0 Å². The number of hydrogen-bond acceptors (Lipinski definition) is 6. The summed E-state index contributed by atoms with van der Waals surface area (Å²) >= 11 is 0. The molecule has 0 N–H and O–H groups in total. The van der Waals surface area contributed by atoms with Gasteiger partial charge in [0.05, 0.1) is 0 Å². The van der Waals surface area contributed by atoms with Gasteiger partial charge in [-0.25, -0.2) is 0 Å². The molecule has 0 aliphatic heterocycles. The number of nitrogens with zero attached hydrogens (tertiary/aromatic N) is 4. The van der Waals surface area contributed by atoms with Crippen molar-refractivity contribution in [2.75, 3.05) is 0 Å². The molecule has 6 nitrogen and oxygen atoms in total. The molecule has 2 aromatic heterocycles. The van der Waals surface area contributed by atoms with Crippen molar-refractivity contribution in [2.24, 2.45) is 0 Å². The summed E-state index contributed by atoms with van der Waals surface area (Å²) in [5, 5.41) is 15.9. The average Bonchev–Trinajstić information content (AvgIpc) is 2.95. The molecule has 0 unspecified atom stereocenters. The molecule has 0 aliphatic carbocycles. The first-order valence-corrected chi connectivity index (χ1v) is 6.20. The molecule has 6 heteroatoms. The van der Waals surface area contributed by atoms with Crippen molar-refractivity contribution in [3.63, 3.8) is 0 Å². The minimum absolute atomic E-state index is 0.252. The lowest BCUT2D eigenvalue weighted by Gasteiger charge is -1.95. The number of aromatic nitrogens is 4. The second-order valence-corrected chi connectivity index (χ2v) is 4.88. The lowest BCUT2D eigenvalue weighted by atomic mass is 10.2. The zero-order chi connectivity index (χ0) is 13.1. The molecular formula is C12H18N4O2. The minimum atomic E-state index is 0.252. The van der Waals surface area contributed by atoms with Gasteiger partial charge in [-0.1, -0.05) is 27.7 Å². The Morgan fingerprint density at radius 3 is 1.39 bits per heavy atom. The third-order valence-corrected chi connectivity index (χ3v) is 2.51. The highest BCUT2D eigenvalue weighted by atomic mass is 16.4. The molecular weight excluding hydrogens is 232 g/mol. The molecule has 2 aromatic rings. The minimum Gasteiger partial charge on any atom is -0.425 e. The van der Waals surface area contributed by atoms with Crippen molar-refractivity contribution in [1.29, 1.82) is 0 Å². The lowest BCUT2D eigenvalue weighted by Crippen LogP contribution is -1.91. The summed E-state index contributed by atoms with van der Waals surface area (Å²) in [5.74, 6) is 3.06. The Balaban J connectivity index is 1.93. The van der Waals surface area contributed by atoms with E-state index in [9.17, 15) is 0 Å². The molecule has 0 spiro atoms. The quantitative estimate of drug-likeness (QED) is 0.811. The Kier molecular flexibility index (Phi) is 3.74. The Bertz CT molecular complexity index is 455. The van der Waals surface area contributed by atoms with Crippen LogP contribution in [0.2, 0.25) is 0 Å². The van der Waals surface area contributed by atoms with Gasteiger partial charge < -0.3 is 8.83 Å². The van der Waals surface area contributed by atoms with E-state index in [1.165, 1.54) is 0 Å². The molecule has 0 bridgehead atoms. The molecule has 0 aliphatic rings. The molecule has 98 valence electrons. The van der Waals surface area contributed by atoms with Crippen LogP contribution in [0.1, 0.15) is 63.1 Å². The van der Waals surface area contributed by atoms with Crippen LogP contribution in [0.5, 0.6) is 0 Å². The fraction of sp³-hybridized carbons (Fsp3) is 0.667. The zero-order valence-corrected chi connectivity index (χ0v) is 11.2. The normalized spacial score (nSPS) is 11.7. The van der Waals surface area contributed by atoms with Crippen LogP contribution in [0.25, 0.3) is 0 Å². The monoisotopic (exact) mass is 250 g/mol. The topological polar surface area (TPSA) is 77.8 Å². The molecule has 0 aromatic carbocycles.